The number of aryl methyl sites for hydroxylation is 1. The van der Waals surface area contributed by atoms with E-state index in [2.05, 4.69) is 20.7 Å². The van der Waals surface area contributed by atoms with Crippen LogP contribution in [0.5, 0.6) is 0 Å². The number of hydrogen-bond donors (Lipinski definition) is 1. The van der Waals surface area contributed by atoms with Gasteiger partial charge in [-0.15, -0.1) is 10.2 Å². The summed E-state index contributed by atoms with van der Waals surface area (Å²) in [5.41, 5.74) is 0. The first-order valence-corrected chi connectivity index (χ1v) is 4.46. The van der Waals surface area contributed by atoms with Crippen LogP contribution >= 0.6 is 0 Å². The zero-order valence-electron chi connectivity index (χ0n) is 8.41. The highest BCUT2D eigenvalue weighted by atomic mass is 19.4. The summed E-state index contributed by atoms with van der Waals surface area (Å²) in [7, 11) is 1.51. The topological polar surface area (TPSA) is 55.6 Å². The second-order valence-corrected chi connectivity index (χ2v) is 3.05. The van der Waals surface area contributed by atoms with E-state index in [1.165, 1.54) is 7.05 Å². The molecule has 0 amide bonds. The summed E-state index contributed by atoms with van der Waals surface area (Å²) in [4.78, 5) is 1.13. The fourth-order valence-electron chi connectivity index (χ4n) is 1.14. The number of nitrogens with one attached hydrogen (secondary N) is 1. The molecule has 0 aliphatic carbocycles. The van der Waals surface area contributed by atoms with E-state index in [9.17, 15) is 13.2 Å². The number of aromatic nitrogens is 4. The van der Waals surface area contributed by atoms with Gasteiger partial charge in [0.25, 0.3) is 0 Å². The molecule has 86 valence electrons. The average Bonchev–Trinajstić information content (AvgIpc) is 2.49. The Bertz CT molecular complexity index is 308. The minimum Gasteiger partial charge on any atom is -0.306 e. The van der Waals surface area contributed by atoms with Gasteiger partial charge in [0, 0.05) is 6.42 Å². The predicted molar refractivity (Wildman–Crippen MR) is 46.0 cm³/mol. The summed E-state index contributed by atoms with van der Waals surface area (Å²) >= 11 is 0. The van der Waals surface area contributed by atoms with Crippen molar-refractivity contribution in [2.75, 3.05) is 6.54 Å². The normalized spacial score (nSPS) is 14.2. The van der Waals surface area contributed by atoms with E-state index in [4.69, 9.17) is 0 Å². The highest BCUT2D eigenvalue weighted by molar-refractivity contribution is 4.88. The zero-order valence-corrected chi connectivity index (χ0v) is 8.41. The molecule has 1 atom stereocenters. The summed E-state index contributed by atoms with van der Waals surface area (Å²) in [6.45, 7) is 1.85. The van der Waals surface area contributed by atoms with Crippen LogP contribution < -0.4 is 5.32 Å². The molecule has 1 unspecified atom stereocenters. The van der Waals surface area contributed by atoms with Gasteiger partial charge in [-0.2, -0.15) is 18.0 Å². The third kappa shape index (κ3) is 3.46. The lowest BCUT2D eigenvalue weighted by molar-refractivity contribution is -0.155. The third-order valence-electron chi connectivity index (χ3n) is 1.78. The maximum Gasteiger partial charge on any atom is 0.404 e. The van der Waals surface area contributed by atoms with Crippen molar-refractivity contribution in [2.24, 2.45) is 7.05 Å². The number of tetrazole rings is 1. The van der Waals surface area contributed by atoms with Crippen molar-refractivity contribution in [3.05, 3.63) is 5.82 Å². The van der Waals surface area contributed by atoms with Gasteiger partial charge < -0.3 is 5.32 Å². The molecule has 8 heteroatoms. The molecule has 1 aromatic rings. The molecule has 0 spiro atoms. The lowest BCUT2D eigenvalue weighted by Gasteiger charge is -2.19. The second-order valence-electron chi connectivity index (χ2n) is 3.05. The molecule has 1 heterocycles. The van der Waals surface area contributed by atoms with Crippen LogP contribution in [0.2, 0.25) is 0 Å². The van der Waals surface area contributed by atoms with Gasteiger partial charge in [-0.05, 0) is 11.8 Å². The summed E-state index contributed by atoms with van der Waals surface area (Å²) in [5.74, 6) is 0.0841. The standard InChI is InChI=1S/C7H12F3N5/c1-3-11-5(7(8,9)10)4-6-12-14-15(2)13-6/h5,11H,3-4H2,1-2H3. The molecule has 0 aromatic carbocycles. The molecule has 0 fully saturated rings. The second kappa shape index (κ2) is 4.56. The van der Waals surface area contributed by atoms with Gasteiger partial charge in [0.15, 0.2) is 5.82 Å². The van der Waals surface area contributed by atoms with Crippen LogP contribution in [0.3, 0.4) is 0 Å². The molecule has 1 aromatic heterocycles. The Kier molecular flexibility index (Phi) is 3.61. The van der Waals surface area contributed by atoms with Crippen LogP contribution in [-0.4, -0.2) is 39.0 Å². The van der Waals surface area contributed by atoms with Crippen LogP contribution in [0.1, 0.15) is 12.7 Å². The number of likely N-dealkylation sites (N-methyl/N-ethyl adjacent to an activating group) is 1. The van der Waals surface area contributed by atoms with Crippen molar-refractivity contribution in [2.45, 2.75) is 25.6 Å². The lowest BCUT2D eigenvalue weighted by atomic mass is 10.2. The monoisotopic (exact) mass is 223 g/mol. The highest BCUT2D eigenvalue weighted by Crippen LogP contribution is 2.21. The van der Waals surface area contributed by atoms with Crippen LogP contribution in [0.4, 0.5) is 13.2 Å². The van der Waals surface area contributed by atoms with E-state index >= 15 is 0 Å². The summed E-state index contributed by atoms with van der Waals surface area (Å²) in [6, 6.07) is -1.62. The first kappa shape index (κ1) is 11.9. The predicted octanol–water partition coefficient (Wildman–Crippen LogP) is 0.293. The minimum atomic E-state index is -4.30. The molecule has 0 saturated carbocycles. The molecule has 1 N–H and O–H groups in total. The van der Waals surface area contributed by atoms with Gasteiger partial charge in [-0.3, -0.25) is 0 Å². The first-order chi connectivity index (χ1) is 6.93. The largest absolute Gasteiger partial charge is 0.404 e. The van der Waals surface area contributed by atoms with Crippen molar-refractivity contribution >= 4 is 0 Å². The Morgan fingerprint density at radius 3 is 2.53 bits per heavy atom. The Labute approximate surface area is 84.7 Å². The Morgan fingerprint density at radius 1 is 1.47 bits per heavy atom. The van der Waals surface area contributed by atoms with Crippen molar-refractivity contribution < 1.29 is 13.2 Å². The number of rotatable bonds is 4. The molecule has 0 bridgehead atoms. The van der Waals surface area contributed by atoms with Crippen LogP contribution in [0.25, 0.3) is 0 Å². The van der Waals surface area contributed by atoms with Crippen molar-refractivity contribution in [3.63, 3.8) is 0 Å². The lowest BCUT2D eigenvalue weighted by Crippen LogP contribution is -2.44. The quantitative estimate of drug-likeness (QED) is 0.797. The molecule has 0 radical (unpaired) electrons. The van der Waals surface area contributed by atoms with E-state index in [-0.39, 0.29) is 18.8 Å². The van der Waals surface area contributed by atoms with Gasteiger partial charge in [-0.1, -0.05) is 6.92 Å². The van der Waals surface area contributed by atoms with Crippen LogP contribution in [-0.2, 0) is 13.5 Å². The van der Waals surface area contributed by atoms with E-state index in [1.54, 1.807) is 6.92 Å². The molecule has 0 aliphatic heterocycles. The van der Waals surface area contributed by atoms with Gasteiger partial charge in [0.05, 0.1) is 7.05 Å². The van der Waals surface area contributed by atoms with Gasteiger partial charge in [0.1, 0.15) is 6.04 Å². The van der Waals surface area contributed by atoms with E-state index in [0.29, 0.717) is 0 Å². The van der Waals surface area contributed by atoms with Crippen LogP contribution in [0, 0.1) is 0 Å². The number of alkyl halides is 3. The van der Waals surface area contributed by atoms with Crippen molar-refractivity contribution in [3.8, 4) is 0 Å². The molecule has 1 rings (SSSR count). The fraction of sp³-hybridized carbons (Fsp3) is 0.857. The molecule has 5 nitrogen and oxygen atoms in total. The molecule has 15 heavy (non-hydrogen) atoms. The number of nitrogens with zero attached hydrogens (tertiary/aromatic N) is 4. The minimum absolute atomic E-state index is 0.0841. The maximum absolute atomic E-state index is 12.5. The van der Waals surface area contributed by atoms with Crippen molar-refractivity contribution in [1.29, 1.82) is 0 Å². The summed E-state index contributed by atoms with van der Waals surface area (Å²) in [5, 5.41) is 13.0. The Balaban J connectivity index is 2.66. The van der Waals surface area contributed by atoms with Crippen molar-refractivity contribution in [1.82, 2.24) is 25.5 Å². The Morgan fingerprint density at radius 2 is 2.13 bits per heavy atom. The third-order valence-corrected chi connectivity index (χ3v) is 1.78. The van der Waals surface area contributed by atoms with E-state index in [0.717, 1.165) is 4.80 Å². The first-order valence-electron chi connectivity index (χ1n) is 4.46. The average molecular weight is 223 g/mol. The molecular formula is C7H12F3N5. The highest BCUT2D eigenvalue weighted by Gasteiger charge is 2.39. The van der Waals surface area contributed by atoms with Crippen LogP contribution in [0.15, 0.2) is 0 Å². The summed E-state index contributed by atoms with van der Waals surface area (Å²) < 4.78 is 37.4. The SMILES string of the molecule is CCNC(Cc1nnn(C)n1)C(F)(F)F. The van der Waals surface area contributed by atoms with Gasteiger partial charge in [0.2, 0.25) is 0 Å². The summed E-state index contributed by atoms with van der Waals surface area (Å²) in [6.07, 6.45) is -4.60. The molecule has 0 aliphatic rings. The molecule has 0 saturated heterocycles. The maximum atomic E-state index is 12.5. The smallest absolute Gasteiger partial charge is 0.306 e. The van der Waals surface area contributed by atoms with Gasteiger partial charge in [-0.25, -0.2) is 0 Å². The Hall–Kier alpha value is -1.18. The fourth-order valence-corrected chi connectivity index (χ4v) is 1.14. The number of hydrogen-bond acceptors (Lipinski definition) is 4. The molecular weight excluding hydrogens is 211 g/mol. The van der Waals surface area contributed by atoms with E-state index < -0.39 is 12.2 Å². The van der Waals surface area contributed by atoms with Gasteiger partial charge >= 0.3 is 6.18 Å². The number of halogens is 3. The van der Waals surface area contributed by atoms with E-state index in [1.807, 2.05) is 0 Å². The zero-order chi connectivity index (χ0) is 11.5.